The Morgan fingerprint density at radius 2 is 1.54 bits per heavy atom. The van der Waals surface area contributed by atoms with Crippen molar-refractivity contribution >= 4 is 33.3 Å². The summed E-state index contributed by atoms with van der Waals surface area (Å²) in [5.74, 6) is 0.0707. The van der Waals surface area contributed by atoms with Crippen LogP contribution in [0.25, 0.3) is 49.6 Å². The molecule has 0 radical (unpaired) electrons. The number of aromatic nitrogens is 1. The second-order valence-corrected chi connectivity index (χ2v) is 10.6. The molecule has 2 nitrogen and oxygen atoms in total. The first kappa shape index (κ1) is 21.8. The maximum absolute atomic E-state index is 13.8. The van der Waals surface area contributed by atoms with Crippen LogP contribution in [0.3, 0.4) is 0 Å². The molecule has 4 aromatic carbocycles. The first-order chi connectivity index (χ1) is 17.9. The molecule has 0 fully saturated rings. The van der Waals surface area contributed by atoms with Crippen LogP contribution in [0.15, 0.2) is 110 Å². The first-order valence-electron chi connectivity index (χ1n) is 12.8. The third-order valence-electron chi connectivity index (χ3n) is 8.10. The van der Waals surface area contributed by atoms with Crippen LogP contribution in [-0.2, 0) is 5.41 Å². The van der Waals surface area contributed by atoms with E-state index in [0.29, 0.717) is 6.42 Å². The van der Waals surface area contributed by atoms with Crippen molar-refractivity contribution in [2.45, 2.75) is 25.7 Å². The molecule has 7 rings (SSSR count). The quantitative estimate of drug-likeness (QED) is 0.236. The van der Waals surface area contributed by atoms with Crippen molar-refractivity contribution in [2.24, 2.45) is 0 Å². The van der Waals surface area contributed by atoms with E-state index in [1.807, 2.05) is 34.9 Å². The van der Waals surface area contributed by atoms with Gasteiger partial charge in [0.15, 0.2) is 0 Å². The van der Waals surface area contributed by atoms with E-state index in [1.54, 1.807) is 0 Å². The average molecular weight is 478 g/mol. The Morgan fingerprint density at radius 3 is 2.38 bits per heavy atom. The van der Waals surface area contributed by atoms with Crippen molar-refractivity contribution in [1.82, 2.24) is 4.57 Å². The van der Waals surface area contributed by atoms with E-state index < -0.39 is 0 Å². The Bertz CT molecular complexity index is 1840. The highest BCUT2D eigenvalue weighted by Gasteiger charge is 2.36. The molecule has 0 saturated heterocycles. The summed E-state index contributed by atoms with van der Waals surface area (Å²) in [6.07, 6.45) is 8.23. The van der Waals surface area contributed by atoms with E-state index >= 15 is 0 Å². The largest absolute Gasteiger partial charge is 0.279 e. The molecule has 178 valence electrons. The summed E-state index contributed by atoms with van der Waals surface area (Å²) in [5, 5.41) is 2.19. The van der Waals surface area contributed by atoms with Crippen molar-refractivity contribution in [3.05, 3.63) is 126 Å². The van der Waals surface area contributed by atoms with Gasteiger partial charge < -0.3 is 0 Å². The lowest BCUT2D eigenvalue weighted by molar-refractivity contribution is 0.0927. The minimum atomic E-state index is -0.139. The molecule has 0 atom stereocenters. The molecule has 2 aliphatic rings. The van der Waals surface area contributed by atoms with E-state index in [0.717, 1.165) is 44.1 Å². The lowest BCUT2D eigenvalue weighted by Gasteiger charge is -2.21. The standard InChI is InChI=1S/C35H27NO/c1-22-12-6-4-9-17-33(37)36-32-21-31-27(25-15-10-11-16-30(25)35(31,2)3)20-28(32)29-19-24(18-26(22)34(29)36)23-13-7-5-8-14-23/h4-16,18-21H,1,17H2,2-3H3/b9-4-,12-6-. The van der Waals surface area contributed by atoms with E-state index in [4.69, 9.17) is 0 Å². The second-order valence-electron chi connectivity index (χ2n) is 10.6. The molecular weight excluding hydrogens is 450 g/mol. The van der Waals surface area contributed by atoms with Crippen LogP contribution in [0.4, 0.5) is 0 Å². The molecule has 0 unspecified atom stereocenters. The number of allylic oxidation sites excluding steroid dienone is 5. The van der Waals surface area contributed by atoms with Gasteiger partial charge in [0.25, 0.3) is 0 Å². The molecule has 0 N–H and O–H groups in total. The number of hydrogen-bond acceptors (Lipinski definition) is 1. The molecule has 5 aromatic rings. The van der Waals surface area contributed by atoms with Gasteiger partial charge in [0.2, 0.25) is 5.91 Å². The SMILES string of the molecule is C=C1/C=C\C=C/CC(=O)n2c3cc4c(cc3c3cc(-c5ccccc5)cc1c32)-c1ccccc1C4(C)C. The third kappa shape index (κ3) is 3.09. The minimum absolute atomic E-state index is 0.0707. The normalized spacial score (nSPS) is 17.6. The predicted molar refractivity (Wildman–Crippen MR) is 155 cm³/mol. The van der Waals surface area contributed by atoms with Gasteiger partial charge in [0, 0.05) is 28.2 Å². The van der Waals surface area contributed by atoms with Crippen LogP contribution in [0.2, 0.25) is 0 Å². The molecule has 0 amide bonds. The molecule has 1 aromatic heterocycles. The number of carbonyl (C=O) groups is 1. The summed E-state index contributed by atoms with van der Waals surface area (Å²) < 4.78 is 1.95. The van der Waals surface area contributed by atoms with Crippen molar-refractivity contribution < 1.29 is 4.79 Å². The molecule has 2 heterocycles. The van der Waals surface area contributed by atoms with Crippen LogP contribution in [0.1, 0.15) is 41.8 Å². The fraction of sp³-hybridized carbons (Fsp3) is 0.114. The topological polar surface area (TPSA) is 22.0 Å². The molecule has 1 aliphatic carbocycles. The average Bonchev–Trinajstić information content (AvgIpc) is 3.36. The Morgan fingerprint density at radius 1 is 0.757 bits per heavy atom. The second kappa shape index (κ2) is 7.78. The zero-order chi connectivity index (χ0) is 25.3. The molecule has 37 heavy (non-hydrogen) atoms. The van der Waals surface area contributed by atoms with Gasteiger partial charge in [-0.1, -0.05) is 99.3 Å². The van der Waals surface area contributed by atoms with Gasteiger partial charge >= 0.3 is 0 Å². The Labute approximate surface area is 216 Å². The van der Waals surface area contributed by atoms with Crippen molar-refractivity contribution in [2.75, 3.05) is 0 Å². The molecule has 1 aliphatic heterocycles. The lowest BCUT2D eigenvalue weighted by Crippen LogP contribution is -2.15. The van der Waals surface area contributed by atoms with Gasteiger partial charge in [-0.3, -0.25) is 9.36 Å². The molecule has 0 bridgehead atoms. The number of hydrogen-bond donors (Lipinski definition) is 0. The van der Waals surface area contributed by atoms with Gasteiger partial charge in [-0.2, -0.15) is 0 Å². The highest BCUT2D eigenvalue weighted by molar-refractivity contribution is 6.19. The zero-order valence-corrected chi connectivity index (χ0v) is 21.1. The summed E-state index contributed by atoms with van der Waals surface area (Å²) in [6.45, 7) is 8.98. The lowest BCUT2D eigenvalue weighted by atomic mass is 9.82. The fourth-order valence-corrected chi connectivity index (χ4v) is 6.24. The maximum Gasteiger partial charge on any atom is 0.235 e. The van der Waals surface area contributed by atoms with E-state index in [1.165, 1.54) is 22.3 Å². The summed E-state index contributed by atoms with van der Waals surface area (Å²) in [5.41, 5.74) is 11.1. The Kier molecular flexibility index (Phi) is 4.59. The summed E-state index contributed by atoms with van der Waals surface area (Å²) >= 11 is 0. The van der Waals surface area contributed by atoms with Crippen molar-refractivity contribution in [1.29, 1.82) is 0 Å². The predicted octanol–water partition coefficient (Wildman–Crippen LogP) is 8.94. The number of carbonyl (C=O) groups excluding carboxylic acids is 1. The first-order valence-corrected chi connectivity index (χ1v) is 12.8. The number of rotatable bonds is 1. The number of nitrogens with zero attached hydrogens (tertiary/aromatic N) is 1. The van der Waals surface area contributed by atoms with E-state index in [2.05, 4.69) is 93.2 Å². The monoisotopic (exact) mass is 477 g/mol. The molecular formula is C35H27NO. The van der Waals surface area contributed by atoms with Crippen molar-refractivity contribution in [3.63, 3.8) is 0 Å². The number of benzene rings is 4. The van der Waals surface area contributed by atoms with Crippen LogP contribution >= 0.6 is 0 Å². The van der Waals surface area contributed by atoms with E-state index in [-0.39, 0.29) is 11.3 Å². The van der Waals surface area contributed by atoms with Gasteiger partial charge in [0.1, 0.15) is 0 Å². The van der Waals surface area contributed by atoms with Crippen LogP contribution in [0.5, 0.6) is 0 Å². The van der Waals surface area contributed by atoms with Crippen LogP contribution < -0.4 is 0 Å². The molecule has 2 heteroatoms. The van der Waals surface area contributed by atoms with Gasteiger partial charge in [-0.15, -0.1) is 0 Å². The third-order valence-corrected chi connectivity index (χ3v) is 8.10. The summed E-state index contributed by atoms with van der Waals surface area (Å²) in [4.78, 5) is 13.8. The molecule has 0 spiro atoms. The minimum Gasteiger partial charge on any atom is -0.279 e. The zero-order valence-electron chi connectivity index (χ0n) is 21.1. The van der Waals surface area contributed by atoms with Gasteiger partial charge in [-0.05, 0) is 63.2 Å². The van der Waals surface area contributed by atoms with Gasteiger partial charge in [0.05, 0.1) is 11.0 Å². The highest BCUT2D eigenvalue weighted by Crippen LogP contribution is 2.51. The van der Waals surface area contributed by atoms with Crippen LogP contribution in [0, 0.1) is 0 Å². The Balaban J connectivity index is 1.66. The maximum atomic E-state index is 13.8. The fourth-order valence-electron chi connectivity index (χ4n) is 6.24. The summed E-state index contributed by atoms with van der Waals surface area (Å²) in [6, 6.07) is 28.1. The highest BCUT2D eigenvalue weighted by atomic mass is 16.2. The van der Waals surface area contributed by atoms with Gasteiger partial charge in [-0.25, -0.2) is 0 Å². The summed E-state index contributed by atoms with van der Waals surface area (Å²) in [7, 11) is 0. The van der Waals surface area contributed by atoms with E-state index in [9.17, 15) is 4.79 Å². The smallest absolute Gasteiger partial charge is 0.235 e. The molecule has 0 saturated carbocycles. The van der Waals surface area contributed by atoms with Crippen molar-refractivity contribution in [3.8, 4) is 22.3 Å². The van der Waals surface area contributed by atoms with Crippen LogP contribution in [-0.4, -0.2) is 10.5 Å². The Hall–Kier alpha value is -4.43. The number of fused-ring (bicyclic) bond motifs is 6.